The highest BCUT2D eigenvalue weighted by Crippen LogP contribution is 2.20. The van der Waals surface area contributed by atoms with Crippen molar-refractivity contribution in [1.82, 2.24) is 14.5 Å². The van der Waals surface area contributed by atoms with E-state index >= 15 is 0 Å². The Morgan fingerprint density at radius 1 is 1.37 bits per heavy atom. The minimum atomic E-state index is -0.525. The lowest BCUT2D eigenvalue weighted by molar-refractivity contribution is 0.233. The fourth-order valence-corrected chi connectivity index (χ4v) is 2.82. The molecule has 2 rings (SSSR count). The number of H-pyrrole nitrogens is 1. The van der Waals surface area contributed by atoms with Gasteiger partial charge >= 0.3 is 5.69 Å². The second kappa shape index (κ2) is 5.61. The lowest BCUT2D eigenvalue weighted by Crippen LogP contribution is -2.39. The molecule has 106 valence electrons. The van der Waals surface area contributed by atoms with Crippen LogP contribution in [0.25, 0.3) is 0 Å². The van der Waals surface area contributed by atoms with Crippen LogP contribution < -0.4 is 11.2 Å². The van der Waals surface area contributed by atoms with E-state index in [1.807, 2.05) is 0 Å². The molecule has 0 bridgehead atoms. The average molecular weight is 267 g/mol. The summed E-state index contributed by atoms with van der Waals surface area (Å²) in [5, 5.41) is 10.1. The molecule has 0 saturated carbocycles. The van der Waals surface area contributed by atoms with E-state index in [0.717, 1.165) is 25.9 Å². The number of hydrogen-bond acceptors (Lipinski definition) is 4. The van der Waals surface area contributed by atoms with Crippen molar-refractivity contribution in [2.45, 2.75) is 45.7 Å². The number of rotatable bonds is 4. The predicted molar refractivity (Wildman–Crippen MR) is 72.6 cm³/mol. The Bertz CT molecular complexity index is 561. The Morgan fingerprint density at radius 3 is 2.74 bits per heavy atom. The van der Waals surface area contributed by atoms with E-state index < -0.39 is 11.2 Å². The quantitative estimate of drug-likeness (QED) is 0.822. The maximum Gasteiger partial charge on any atom is 0.331 e. The summed E-state index contributed by atoms with van der Waals surface area (Å²) in [6, 6.07) is 0.254. The average Bonchev–Trinajstić information content (AvgIpc) is 2.82. The summed E-state index contributed by atoms with van der Waals surface area (Å²) in [5.41, 5.74) is -0.733. The van der Waals surface area contributed by atoms with Crippen LogP contribution in [0.5, 0.6) is 5.88 Å². The van der Waals surface area contributed by atoms with E-state index in [-0.39, 0.29) is 17.5 Å². The van der Waals surface area contributed by atoms with E-state index in [2.05, 4.69) is 16.8 Å². The molecular formula is C13H21N3O3. The molecule has 2 N–H and O–H groups in total. The molecule has 1 fully saturated rings. The SMILES string of the molecule is CCc1c(O)n(CC2CCCN2CC)c(=O)[nH]c1=O. The molecule has 1 aromatic rings. The van der Waals surface area contributed by atoms with Crippen LogP contribution in [0.15, 0.2) is 9.59 Å². The van der Waals surface area contributed by atoms with E-state index in [0.29, 0.717) is 13.0 Å². The topological polar surface area (TPSA) is 78.3 Å². The Morgan fingerprint density at radius 2 is 2.11 bits per heavy atom. The van der Waals surface area contributed by atoms with Crippen LogP contribution in [0.3, 0.4) is 0 Å². The highest BCUT2D eigenvalue weighted by molar-refractivity contribution is 5.22. The standard InChI is InChI=1S/C13H21N3O3/c1-3-10-11(17)14-13(19)16(12(10)18)8-9-6-5-7-15(9)4-2/h9,18H,3-8H2,1-2H3,(H,14,17,19). The Kier molecular flexibility index (Phi) is 4.09. The monoisotopic (exact) mass is 267 g/mol. The molecule has 0 radical (unpaired) electrons. The van der Waals surface area contributed by atoms with Crippen molar-refractivity contribution >= 4 is 0 Å². The van der Waals surface area contributed by atoms with E-state index in [1.165, 1.54) is 4.57 Å². The predicted octanol–water partition coefficient (Wildman–Crippen LogP) is 0.289. The first-order valence-corrected chi connectivity index (χ1v) is 6.87. The van der Waals surface area contributed by atoms with Gasteiger partial charge in [-0.2, -0.15) is 0 Å². The first-order chi connectivity index (χ1) is 9.08. The fraction of sp³-hybridized carbons (Fsp3) is 0.692. The minimum Gasteiger partial charge on any atom is -0.494 e. The molecule has 0 amide bonds. The molecule has 6 heteroatoms. The van der Waals surface area contributed by atoms with Crippen LogP contribution in [-0.2, 0) is 13.0 Å². The lowest BCUT2D eigenvalue weighted by atomic mass is 10.2. The van der Waals surface area contributed by atoms with Gasteiger partial charge in [0.15, 0.2) is 0 Å². The third-order valence-corrected chi connectivity index (χ3v) is 3.92. The molecule has 1 aliphatic heterocycles. The first kappa shape index (κ1) is 13.9. The molecule has 2 heterocycles. The number of nitrogens with zero attached hydrogens (tertiary/aromatic N) is 2. The second-order valence-electron chi connectivity index (χ2n) is 4.95. The number of hydrogen-bond donors (Lipinski definition) is 2. The van der Waals surface area contributed by atoms with Gasteiger partial charge in [-0.1, -0.05) is 13.8 Å². The Hall–Kier alpha value is -1.56. The summed E-state index contributed by atoms with van der Waals surface area (Å²) in [4.78, 5) is 28.0. The maximum atomic E-state index is 11.8. The molecular weight excluding hydrogens is 246 g/mol. The van der Waals surface area contributed by atoms with Gasteiger partial charge in [-0.15, -0.1) is 0 Å². The van der Waals surface area contributed by atoms with E-state index in [4.69, 9.17) is 0 Å². The fourth-order valence-electron chi connectivity index (χ4n) is 2.82. The van der Waals surface area contributed by atoms with E-state index in [1.54, 1.807) is 6.92 Å². The van der Waals surface area contributed by atoms with Gasteiger partial charge in [0.25, 0.3) is 5.56 Å². The van der Waals surface area contributed by atoms with E-state index in [9.17, 15) is 14.7 Å². The number of aromatic hydroxyl groups is 1. The maximum absolute atomic E-state index is 11.8. The zero-order valence-corrected chi connectivity index (χ0v) is 11.5. The van der Waals surface area contributed by atoms with Crippen molar-refractivity contribution in [2.24, 2.45) is 0 Å². The number of likely N-dealkylation sites (N-methyl/N-ethyl adjacent to an activating group) is 1. The van der Waals surface area contributed by atoms with Gasteiger partial charge in [-0.25, -0.2) is 4.79 Å². The summed E-state index contributed by atoms with van der Waals surface area (Å²) in [7, 11) is 0. The van der Waals surface area contributed by atoms with Gasteiger partial charge < -0.3 is 5.11 Å². The zero-order chi connectivity index (χ0) is 14.0. The van der Waals surface area contributed by atoms with Crippen LogP contribution in [0.4, 0.5) is 0 Å². The van der Waals surface area contributed by atoms with Crippen LogP contribution >= 0.6 is 0 Å². The van der Waals surface area contributed by atoms with Crippen LogP contribution in [-0.4, -0.2) is 38.7 Å². The lowest BCUT2D eigenvalue weighted by Gasteiger charge is -2.24. The summed E-state index contributed by atoms with van der Waals surface area (Å²) in [6.45, 7) is 6.27. The molecule has 1 aromatic heterocycles. The number of aromatic amines is 1. The van der Waals surface area contributed by atoms with Crippen molar-refractivity contribution in [2.75, 3.05) is 13.1 Å². The largest absolute Gasteiger partial charge is 0.494 e. The highest BCUT2D eigenvalue weighted by atomic mass is 16.3. The normalized spacial score (nSPS) is 20.0. The zero-order valence-electron chi connectivity index (χ0n) is 11.5. The van der Waals surface area contributed by atoms with Gasteiger partial charge in [-0.05, 0) is 32.4 Å². The van der Waals surface area contributed by atoms with Crippen molar-refractivity contribution in [3.63, 3.8) is 0 Å². The molecule has 6 nitrogen and oxygen atoms in total. The number of likely N-dealkylation sites (tertiary alicyclic amines) is 1. The number of nitrogens with one attached hydrogen (secondary N) is 1. The van der Waals surface area contributed by atoms with Gasteiger partial charge in [0.05, 0.1) is 5.56 Å². The molecule has 0 aliphatic carbocycles. The third-order valence-electron chi connectivity index (χ3n) is 3.92. The number of aromatic nitrogens is 2. The van der Waals surface area contributed by atoms with Crippen molar-refractivity contribution < 1.29 is 5.11 Å². The van der Waals surface area contributed by atoms with Gasteiger partial charge in [0.2, 0.25) is 5.88 Å². The third kappa shape index (κ3) is 2.58. The highest BCUT2D eigenvalue weighted by Gasteiger charge is 2.25. The summed E-state index contributed by atoms with van der Waals surface area (Å²) in [6.07, 6.45) is 2.53. The molecule has 19 heavy (non-hydrogen) atoms. The second-order valence-corrected chi connectivity index (χ2v) is 4.95. The molecule has 1 atom stereocenters. The molecule has 0 aromatic carbocycles. The van der Waals surface area contributed by atoms with Crippen LogP contribution in [0.1, 0.15) is 32.3 Å². The molecule has 1 saturated heterocycles. The first-order valence-electron chi connectivity index (χ1n) is 6.87. The van der Waals surface area contributed by atoms with Crippen molar-refractivity contribution in [3.8, 4) is 5.88 Å². The van der Waals surface area contributed by atoms with Crippen LogP contribution in [0, 0.1) is 0 Å². The molecule has 1 unspecified atom stereocenters. The van der Waals surface area contributed by atoms with Gasteiger partial charge in [0.1, 0.15) is 0 Å². The molecule has 0 spiro atoms. The Labute approximate surface area is 111 Å². The van der Waals surface area contributed by atoms with Gasteiger partial charge in [-0.3, -0.25) is 19.2 Å². The van der Waals surface area contributed by atoms with Gasteiger partial charge in [0, 0.05) is 12.6 Å². The smallest absolute Gasteiger partial charge is 0.331 e. The summed E-state index contributed by atoms with van der Waals surface area (Å²) in [5.74, 6) is -0.181. The summed E-state index contributed by atoms with van der Waals surface area (Å²) >= 11 is 0. The van der Waals surface area contributed by atoms with Crippen LogP contribution in [0.2, 0.25) is 0 Å². The van der Waals surface area contributed by atoms with Crippen molar-refractivity contribution in [3.05, 3.63) is 26.4 Å². The molecule has 1 aliphatic rings. The minimum absolute atomic E-state index is 0.181. The Balaban J connectivity index is 2.35. The summed E-state index contributed by atoms with van der Waals surface area (Å²) < 4.78 is 1.29. The van der Waals surface area contributed by atoms with Crippen molar-refractivity contribution in [1.29, 1.82) is 0 Å².